The summed E-state index contributed by atoms with van der Waals surface area (Å²) in [5.41, 5.74) is 4.06. The van der Waals surface area contributed by atoms with Crippen LogP contribution in [-0.2, 0) is 23.0 Å². The van der Waals surface area contributed by atoms with E-state index in [-0.39, 0.29) is 27.6 Å². The topological polar surface area (TPSA) is 77.4 Å². The van der Waals surface area contributed by atoms with Gasteiger partial charge in [-0.1, -0.05) is 65.2 Å². The third-order valence-corrected chi connectivity index (χ3v) is 6.69. The maximum Gasteiger partial charge on any atom is 0.328 e. The molecule has 0 saturated carbocycles. The number of aryl methyl sites for hydroxylation is 2. The number of nitrogens with zero attached hydrogens (tertiary/aromatic N) is 1. The maximum absolute atomic E-state index is 13.0. The summed E-state index contributed by atoms with van der Waals surface area (Å²) in [7, 11) is 3.01. The van der Waals surface area contributed by atoms with Gasteiger partial charge in [-0.05, 0) is 53.8 Å². The molecule has 4 aromatic rings. The van der Waals surface area contributed by atoms with E-state index in [1.807, 2.05) is 55.5 Å². The predicted molar refractivity (Wildman–Crippen MR) is 143 cm³/mol. The summed E-state index contributed by atoms with van der Waals surface area (Å²) in [6, 6.07) is 18.9. The van der Waals surface area contributed by atoms with Crippen LogP contribution in [0.25, 0.3) is 22.0 Å². The second kappa shape index (κ2) is 10.6. The molecule has 4 rings (SSSR count). The SMILES string of the molecule is COC(=O)[C@H](Cc1ccc(-c2cc3cc(C)ccc3n(C)c2=O)cc1)NC(=O)c1c(Cl)cccc1Cl. The normalized spacial score (nSPS) is 11.8. The quantitative estimate of drug-likeness (QED) is 0.347. The van der Waals surface area contributed by atoms with E-state index in [4.69, 9.17) is 27.9 Å². The van der Waals surface area contributed by atoms with Crippen molar-refractivity contribution in [1.82, 2.24) is 9.88 Å². The Morgan fingerprint density at radius 3 is 2.31 bits per heavy atom. The number of nitrogens with one attached hydrogen (secondary N) is 1. The number of halogens is 2. The highest BCUT2D eigenvalue weighted by Crippen LogP contribution is 2.25. The third kappa shape index (κ3) is 5.15. The largest absolute Gasteiger partial charge is 0.467 e. The summed E-state index contributed by atoms with van der Waals surface area (Å²) in [6.45, 7) is 2.01. The van der Waals surface area contributed by atoms with E-state index < -0.39 is 17.9 Å². The van der Waals surface area contributed by atoms with Crippen LogP contribution < -0.4 is 10.9 Å². The lowest BCUT2D eigenvalue weighted by Gasteiger charge is -2.18. The van der Waals surface area contributed by atoms with Crippen LogP contribution in [0.4, 0.5) is 0 Å². The van der Waals surface area contributed by atoms with Gasteiger partial charge >= 0.3 is 5.97 Å². The lowest BCUT2D eigenvalue weighted by molar-refractivity contribution is -0.142. The first kappa shape index (κ1) is 25.5. The Morgan fingerprint density at radius 2 is 1.67 bits per heavy atom. The molecule has 1 aromatic heterocycles. The van der Waals surface area contributed by atoms with Gasteiger partial charge < -0.3 is 14.6 Å². The highest BCUT2D eigenvalue weighted by molar-refractivity contribution is 6.39. The molecular weight excluding hydrogens is 499 g/mol. The van der Waals surface area contributed by atoms with Crippen molar-refractivity contribution >= 4 is 46.0 Å². The number of rotatable bonds is 6. The van der Waals surface area contributed by atoms with E-state index in [1.165, 1.54) is 7.11 Å². The van der Waals surface area contributed by atoms with Crippen molar-refractivity contribution in [2.45, 2.75) is 19.4 Å². The first-order valence-corrected chi connectivity index (χ1v) is 12.0. The molecule has 0 radical (unpaired) electrons. The lowest BCUT2D eigenvalue weighted by Crippen LogP contribution is -2.43. The Morgan fingerprint density at radius 1 is 1.00 bits per heavy atom. The number of esters is 1. The fourth-order valence-electron chi connectivity index (χ4n) is 4.15. The monoisotopic (exact) mass is 522 g/mol. The van der Waals surface area contributed by atoms with E-state index in [0.717, 1.165) is 27.6 Å². The predicted octanol–water partition coefficient (Wildman–Crippen LogP) is 5.33. The third-order valence-electron chi connectivity index (χ3n) is 6.06. The minimum atomic E-state index is -0.961. The fourth-order valence-corrected chi connectivity index (χ4v) is 4.72. The zero-order valence-corrected chi connectivity index (χ0v) is 21.5. The van der Waals surface area contributed by atoms with E-state index in [9.17, 15) is 14.4 Å². The number of carbonyl (C=O) groups excluding carboxylic acids is 2. The zero-order chi connectivity index (χ0) is 26.0. The van der Waals surface area contributed by atoms with Gasteiger partial charge in [0.15, 0.2) is 0 Å². The number of methoxy groups -OCH3 is 1. The van der Waals surface area contributed by atoms with Crippen molar-refractivity contribution in [3.05, 3.63) is 104 Å². The highest BCUT2D eigenvalue weighted by atomic mass is 35.5. The molecule has 0 aliphatic rings. The summed E-state index contributed by atoms with van der Waals surface area (Å²) in [4.78, 5) is 38.3. The summed E-state index contributed by atoms with van der Waals surface area (Å²) in [5, 5.41) is 4.00. The molecular formula is C28H24Cl2N2O4. The summed E-state index contributed by atoms with van der Waals surface area (Å²) in [6.07, 6.45) is 0.176. The van der Waals surface area contributed by atoms with E-state index in [2.05, 4.69) is 5.32 Å². The molecule has 6 nitrogen and oxygen atoms in total. The Labute approximate surface area is 218 Å². The van der Waals surface area contributed by atoms with Gasteiger partial charge in [0.1, 0.15) is 6.04 Å². The van der Waals surface area contributed by atoms with Gasteiger partial charge in [-0.15, -0.1) is 0 Å². The number of benzene rings is 3. The molecule has 36 heavy (non-hydrogen) atoms. The van der Waals surface area contributed by atoms with E-state index in [1.54, 1.807) is 29.8 Å². The van der Waals surface area contributed by atoms with E-state index in [0.29, 0.717) is 5.56 Å². The van der Waals surface area contributed by atoms with Crippen LogP contribution in [0.1, 0.15) is 21.5 Å². The van der Waals surface area contributed by atoms with Gasteiger partial charge in [-0.3, -0.25) is 9.59 Å². The first-order chi connectivity index (χ1) is 17.2. The molecule has 3 aromatic carbocycles. The smallest absolute Gasteiger partial charge is 0.328 e. The Hall–Kier alpha value is -3.61. The van der Waals surface area contributed by atoms with E-state index >= 15 is 0 Å². The molecule has 0 spiro atoms. The molecule has 0 aliphatic heterocycles. The molecule has 0 unspecified atom stereocenters. The van der Waals surface area contributed by atoms with Crippen molar-refractivity contribution in [1.29, 1.82) is 0 Å². The molecule has 1 heterocycles. The van der Waals surface area contributed by atoms with Crippen LogP contribution in [-0.4, -0.2) is 29.6 Å². The number of ether oxygens (including phenoxy) is 1. The number of hydrogen-bond donors (Lipinski definition) is 1. The van der Waals surface area contributed by atoms with Crippen molar-refractivity contribution < 1.29 is 14.3 Å². The van der Waals surface area contributed by atoms with Gasteiger partial charge in [-0.25, -0.2) is 4.79 Å². The first-order valence-electron chi connectivity index (χ1n) is 11.2. The molecule has 0 bridgehead atoms. The van der Waals surface area contributed by atoms with Gasteiger partial charge in [0.05, 0.1) is 28.2 Å². The second-order valence-corrected chi connectivity index (χ2v) is 9.35. The average molecular weight is 523 g/mol. The van der Waals surface area contributed by atoms with Crippen LogP contribution >= 0.6 is 23.2 Å². The number of fused-ring (bicyclic) bond motifs is 1. The van der Waals surface area contributed by atoms with Crippen molar-refractivity contribution in [2.24, 2.45) is 7.05 Å². The van der Waals surface area contributed by atoms with Gasteiger partial charge in [0, 0.05) is 19.0 Å². The number of hydrogen-bond acceptors (Lipinski definition) is 4. The highest BCUT2D eigenvalue weighted by Gasteiger charge is 2.25. The Balaban J connectivity index is 1.60. The van der Waals surface area contributed by atoms with Crippen LogP contribution in [0.3, 0.4) is 0 Å². The van der Waals surface area contributed by atoms with Crippen LogP contribution in [0.2, 0.25) is 10.0 Å². The molecule has 0 fully saturated rings. The average Bonchev–Trinajstić information content (AvgIpc) is 2.85. The minimum Gasteiger partial charge on any atom is -0.467 e. The summed E-state index contributed by atoms with van der Waals surface area (Å²) in [5.74, 6) is -1.18. The molecule has 0 aliphatic carbocycles. The maximum atomic E-state index is 13.0. The van der Waals surface area contributed by atoms with Crippen molar-refractivity contribution in [2.75, 3.05) is 7.11 Å². The molecule has 8 heteroatoms. The number of pyridine rings is 1. The molecule has 1 atom stereocenters. The number of aromatic nitrogens is 1. The Kier molecular flexibility index (Phi) is 7.48. The minimum absolute atomic E-state index is 0.0903. The van der Waals surface area contributed by atoms with Crippen LogP contribution in [0, 0.1) is 6.92 Å². The number of carbonyl (C=O) groups is 2. The fraction of sp³-hybridized carbons (Fsp3) is 0.179. The van der Waals surface area contributed by atoms with Crippen LogP contribution in [0.15, 0.2) is 71.5 Å². The Bertz CT molecular complexity index is 1510. The van der Waals surface area contributed by atoms with Crippen LogP contribution in [0.5, 0.6) is 0 Å². The molecule has 184 valence electrons. The van der Waals surface area contributed by atoms with Crippen molar-refractivity contribution in [3.63, 3.8) is 0 Å². The number of amides is 1. The van der Waals surface area contributed by atoms with Gasteiger partial charge in [-0.2, -0.15) is 0 Å². The van der Waals surface area contributed by atoms with Crippen molar-refractivity contribution in [3.8, 4) is 11.1 Å². The second-order valence-electron chi connectivity index (χ2n) is 8.53. The molecule has 1 N–H and O–H groups in total. The summed E-state index contributed by atoms with van der Waals surface area (Å²) < 4.78 is 6.53. The molecule has 1 amide bonds. The van der Waals surface area contributed by atoms with Gasteiger partial charge in [0.2, 0.25) is 0 Å². The molecule has 0 saturated heterocycles. The summed E-state index contributed by atoms with van der Waals surface area (Å²) >= 11 is 12.3. The van der Waals surface area contributed by atoms with Gasteiger partial charge in [0.25, 0.3) is 11.5 Å². The lowest BCUT2D eigenvalue weighted by atomic mass is 9.99. The zero-order valence-electron chi connectivity index (χ0n) is 20.0. The standard InChI is InChI=1S/C28H24Cl2N2O4/c1-16-7-12-24-19(13-16)15-20(27(34)32(24)2)18-10-8-17(9-11-18)14-23(28(35)36-3)31-26(33)25-21(29)5-4-6-22(25)30/h4-13,15,23H,14H2,1-3H3,(H,31,33)/t23-/m0/s1.